The van der Waals surface area contributed by atoms with Crippen molar-refractivity contribution in [3.8, 4) is 0 Å². The SMILES string of the molecule is CN(C(=O)Cn1ccc2cc([N+](=O)[O-])ccc21)C1CC1. The molecule has 0 atom stereocenters. The summed E-state index contributed by atoms with van der Waals surface area (Å²) >= 11 is 0. The highest BCUT2D eigenvalue weighted by Gasteiger charge is 2.29. The van der Waals surface area contributed by atoms with Crippen LogP contribution >= 0.6 is 0 Å². The van der Waals surface area contributed by atoms with Gasteiger partial charge >= 0.3 is 0 Å². The summed E-state index contributed by atoms with van der Waals surface area (Å²) in [6.45, 7) is 0.272. The Bertz CT molecular complexity index is 688. The van der Waals surface area contributed by atoms with Crippen LogP contribution in [0.4, 0.5) is 5.69 Å². The number of nitro groups is 1. The Morgan fingerprint density at radius 3 is 2.85 bits per heavy atom. The van der Waals surface area contributed by atoms with Gasteiger partial charge < -0.3 is 9.47 Å². The number of amides is 1. The fourth-order valence-corrected chi connectivity index (χ4v) is 2.36. The monoisotopic (exact) mass is 273 g/mol. The topological polar surface area (TPSA) is 68.4 Å². The fourth-order valence-electron chi connectivity index (χ4n) is 2.36. The standard InChI is InChI=1S/C14H15N3O3/c1-15(11-2-3-11)14(18)9-16-7-6-10-8-12(17(19)20)4-5-13(10)16/h4-8,11H,2-3,9H2,1H3. The van der Waals surface area contributed by atoms with E-state index >= 15 is 0 Å². The number of rotatable bonds is 4. The van der Waals surface area contributed by atoms with Crippen LogP contribution in [-0.2, 0) is 11.3 Å². The van der Waals surface area contributed by atoms with Crippen molar-refractivity contribution in [1.82, 2.24) is 9.47 Å². The smallest absolute Gasteiger partial charge is 0.270 e. The second kappa shape index (κ2) is 4.63. The normalized spacial score (nSPS) is 14.4. The predicted molar refractivity (Wildman–Crippen MR) is 74.4 cm³/mol. The molecule has 0 N–H and O–H groups in total. The summed E-state index contributed by atoms with van der Waals surface area (Å²) in [5.74, 6) is 0.0725. The van der Waals surface area contributed by atoms with Gasteiger partial charge in [0.1, 0.15) is 6.54 Å². The molecule has 1 saturated carbocycles. The van der Waals surface area contributed by atoms with Gasteiger partial charge in [0.2, 0.25) is 5.91 Å². The van der Waals surface area contributed by atoms with E-state index in [0.29, 0.717) is 6.04 Å². The lowest BCUT2D eigenvalue weighted by Crippen LogP contribution is -2.31. The fraction of sp³-hybridized carbons (Fsp3) is 0.357. The number of carbonyl (C=O) groups is 1. The number of benzene rings is 1. The molecule has 0 bridgehead atoms. The number of likely N-dealkylation sites (N-methyl/N-ethyl adjacent to an activating group) is 1. The van der Waals surface area contributed by atoms with E-state index in [9.17, 15) is 14.9 Å². The van der Waals surface area contributed by atoms with E-state index in [2.05, 4.69) is 0 Å². The van der Waals surface area contributed by atoms with Gasteiger partial charge in [0.05, 0.1) is 4.92 Å². The quantitative estimate of drug-likeness (QED) is 0.633. The molecular weight excluding hydrogens is 258 g/mol. The Morgan fingerprint density at radius 2 is 2.20 bits per heavy atom. The van der Waals surface area contributed by atoms with E-state index in [1.807, 2.05) is 11.6 Å². The van der Waals surface area contributed by atoms with E-state index in [4.69, 9.17) is 0 Å². The van der Waals surface area contributed by atoms with Crippen molar-refractivity contribution in [3.63, 3.8) is 0 Å². The van der Waals surface area contributed by atoms with Gasteiger partial charge in [0.25, 0.3) is 5.69 Å². The third kappa shape index (κ3) is 2.24. The number of fused-ring (bicyclic) bond motifs is 1. The van der Waals surface area contributed by atoms with Gasteiger partial charge in [0, 0.05) is 42.3 Å². The molecule has 0 unspecified atom stereocenters. The van der Waals surface area contributed by atoms with E-state index in [-0.39, 0.29) is 18.1 Å². The first kappa shape index (κ1) is 12.7. The van der Waals surface area contributed by atoms with Gasteiger partial charge in [-0.25, -0.2) is 0 Å². The molecule has 1 fully saturated rings. The Labute approximate surface area is 115 Å². The molecule has 6 heteroatoms. The number of nitrogens with zero attached hydrogens (tertiary/aromatic N) is 3. The molecule has 3 rings (SSSR count). The van der Waals surface area contributed by atoms with Gasteiger partial charge in [-0.2, -0.15) is 0 Å². The zero-order valence-electron chi connectivity index (χ0n) is 11.2. The molecule has 1 aromatic carbocycles. The van der Waals surface area contributed by atoms with Crippen LogP contribution in [0.25, 0.3) is 10.9 Å². The second-order valence-corrected chi connectivity index (χ2v) is 5.18. The van der Waals surface area contributed by atoms with Gasteiger partial charge in [-0.1, -0.05) is 0 Å². The van der Waals surface area contributed by atoms with Crippen molar-refractivity contribution in [2.75, 3.05) is 7.05 Å². The lowest BCUT2D eigenvalue weighted by atomic mass is 10.2. The summed E-state index contributed by atoms with van der Waals surface area (Å²) in [6.07, 6.45) is 3.97. The minimum atomic E-state index is -0.414. The van der Waals surface area contributed by atoms with Crippen LogP contribution in [0, 0.1) is 10.1 Å². The van der Waals surface area contributed by atoms with E-state index in [1.54, 1.807) is 23.2 Å². The van der Waals surface area contributed by atoms with Crippen molar-refractivity contribution in [1.29, 1.82) is 0 Å². The number of hydrogen-bond donors (Lipinski definition) is 0. The van der Waals surface area contributed by atoms with E-state index in [1.165, 1.54) is 12.1 Å². The molecule has 20 heavy (non-hydrogen) atoms. The third-order valence-electron chi connectivity index (χ3n) is 3.76. The molecule has 0 saturated heterocycles. The van der Waals surface area contributed by atoms with Crippen LogP contribution < -0.4 is 0 Å². The summed E-state index contributed by atoms with van der Waals surface area (Å²) in [7, 11) is 1.83. The zero-order valence-corrected chi connectivity index (χ0v) is 11.2. The highest BCUT2D eigenvalue weighted by Crippen LogP contribution is 2.26. The first-order chi connectivity index (χ1) is 9.56. The van der Waals surface area contributed by atoms with Crippen molar-refractivity contribution in [2.24, 2.45) is 0 Å². The highest BCUT2D eigenvalue weighted by atomic mass is 16.6. The summed E-state index contributed by atoms with van der Waals surface area (Å²) in [6, 6.07) is 6.88. The number of carbonyl (C=O) groups excluding carboxylic acids is 1. The first-order valence-electron chi connectivity index (χ1n) is 6.55. The Balaban J connectivity index is 1.85. The average Bonchev–Trinajstić information content (AvgIpc) is 3.20. The maximum Gasteiger partial charge on any atom is 0.270 e. The van der Waals surface area contributed by atoms with Crippen molar-refractivity contribution >= 4 is 22.5 Å². The molecule has 1 amide bonds. The number of hydrogen-bond acceptors (Lipinski definition) is 3. The largest absolute Gasteiger partial charge is 0.341 e. The highest BCUT2D eigenvalue weighted by molar-refractivity contribution is 5.85. The van der Waals surface area contributed by atoms with E-state index < -0.39 is 4.92 Å². The number of nitro benzene ring substituents is 1. The van der Waals surface area contributed by atoms with Gasteiger partial charge in [0.15, 0.2) is 0 Å². The zero-order chi connectivity index (χ0) is 14.3. The van der Waals surface area contributed by atoms with Crippen LogP contribution in [0.15, 0.2) is 30.5 Å². The van der Waals surface area contributed by atoms with Crippen LogP contribution in [0.3, 0.4) is 0 Å². The molecule has 6 nitrogen and oxygen atoms in total. The molecule has 1 aromatic heterocycles. The van der Waals surface area contributed by atoms with Crippen molar-refractivity contribution in [2.45, 2.75) is 25.4 Å². The molecular formula is C14H15N3O3. The van der Waals surface area contributed by atoms with Crippen LogP contribution in [0.2, 0.25) is 0 Å². The molecule has 104 valence electrons. The van der Waals surface area contributed by atoms with Crippen LogP contribution in [0.1, 0.15) is 12.8 Å². The van der Waals surface area contributed by atoms with Crippen LogP contribution in [0.5, 0.6) is 0 Å². The Kier molecular flexibility index (Phi) is 2.93. The molecule has 2 aromatic rings. The lowest BCUT2D eigenvalue weighted by molar-refractivity contribution is -0.384. The summed E-state index contributed by atoms with van der Waals surface area (Å²) in [5.41, 5.74) is 0.907. The van der Waals surface area contributed by atoms with E-state index in [0.717, 1.165) is 23.7 Å². The van der Waals surface area contributed by atoms with Crippen molar-refractivity contribution in [3.05, 3.63) is 40.6 Å². The van der Waals surface area contributed by atoms with Crippen molar-refractivity contribution < 1.29 is 9.72 Å². The van der Waals surface area contributed by atoms with Gasteiger partial charge in [-0.3, -0.25) is 14.9 Å². The minimum Gasteiger partial charge on any atom is -0.341 e. The maximum absolute atomic E-state index is 12.1. The Hall–Kier alpha value is -2.37. The summed E-state index contributed by atoms with van der Waals surface area (Å²) < 4.78 is 1.83. The molecule has 0 aliphatic heterocycles. The summed E-state index contributed by atoms with van der Waals surface area (Å²) in [4.78, 5) is 24.2. The second-order valence-electron chi connectivity index (χ2n) is 5.18. The van der Waals surface area contributed by atoms with Gasteiger partial charge in [-0.15, -0.1) is 0 Å². The molecule has 1 aliphatic rings. The Morgan fingerprint density at radius 1 is 1.45 bits per heavy atom. The predicted octanol–water partition coefficient (Wildman–Crippen LogP) is 2.17. The number of aromatic nitrogens is 1. The molecule has 1 aliphatic carbocycles. The first-order valence-corrected chi connectivity index (χ1v) is 6.55. The number of non-ortho nitro benzene ring substituents is 1. The minimum absolute atomic E-state index is 0.0664. The average molecular weight is 273 g/mol. The van der Waals surface area contributed by atoms with Gasteiger partial charge in [-0.05, 0) is 25.0 Å². The summed E-state index contributed by atoms with van der Waals surface area (Å²) in [5, 5.41) is 11.5. The lowest BCUT2D eigenvalue weighted by Gasteiger charge is -2.16. The third-order valence-corrected chi connectivity index (χ3v) is 3.76. The molecule has 0 radical (unpaired) electrons. The molecule has 0 spiro atoms. The molecule has 1 heterocycles. The van der Waals surface area contributed by atoms with Crippen LogP contribution in [-0.4, -0.2) is 33.4 Å². The maximum atomic E-state index is 12.1.